The Morgan fingerprint density at radius 1 is 0.875 bits per heavy atom. The predicted molar refractivity (Wildman–Crippen MR) is 138 cm³/mol. The second-order valence-electron chi connectivity index (χ2n) is 13.7. The van der Waals surface area contributed by atoms with Crippen LogP contribution < -0.4 is 59.1 Å². The number of carbonyl (C=O) groups is 1. The molecule has 0 radical (unpaired) electrons. The van der Waals surface area contributed by atoms with Crippen LogP contribution >= 0.6 is 0 Å². The Bertz CT molecular complexity index is 1120. The van der Waals surface area contributed by atoms with Gasteiger partial charge >= 0.3 is 59.1 Å². The van der Waals surface area contributed by atoms with Gasteiger partial charge in [0.25, 0.3) is 0 Å². The summed E-state index contributed by atoms with van der Waals surface area (Å²) in [4.78, 5) is 13.6. The molecule has 4 fully saturated rings. The second kappa shape index (κ2) is 13.8. The van der Waals surface area contributed by atoms with Crippen LogP contribution in [0.4, 0.5) is 0 Å². The van der Waals surface area contributed by atoms with Crippen LogP contribution in [0.15, 0.2) is 0 Å². The summed E-state index contributed by atoms with van der Waals surface area (Å²) in [6.45, 7) is 11.3. The zero-order valence-corrected chi connectivity index (χ0v) is 30.9. The van der Waals surface area contributed by atoms with E-state index in [4.69, 9.17) is 4.18 Å². The molecule has 4 rings (SSSR count). The largest absolute Gasteiger partial charge is 1.00 e. The molecular weight excluding hydrogens is 578 g/mol. The fourth-order valence-corrected chi connectivity index (χ4v) is 10.6. The normalized spacial score (nSPS) is 40.3. The molecule has 0 saturated heterocycles. The molecule has 4 aliphatic carbocycles. The topological polar surface area (TPSA) is 150 Å². The molecule has 0 aromatic carbocycles. The molecule has 13 heteroatoms. The first-order valence-electron chi connectivity index (χ1n) is 14.3. The van der Waals surface area contributed by atoms with Crippen LogP contribution in [0.3, 0.4) is 0 Å². The van der Waals surface area contributed by atoms with Crippen molar-refractivity contribution in [3.63, 3.8) is 0 Å². The second-order valence-corrected chi connectivity index (χ2v) is 15.7. The van der Waals surface area contributed by atoms with Crippen LogP contribution in [0, 0.1) is 52.3 Å². The molecule has 0 heterocycles. The molecule has 4 aliphatic rings. The van der Waals surface area contributed by atoms with Crippen molar-refractivity contribution in [1.82, 2.24) is 0 Å². The van der Waals surface area contributed by atoms with Gasteiger partial charge in [0, 0.05) is 12.3 Å². The van der Waals surface area contributed by atoms with Gasteiger partial charge in [0.2, 0.25) is 20.8 Å². The average molecular weight is 623 g/mol. The fraction of sp³-hybridized carbons (Fsp3) is 0.963. The Labute approximate surface area is 285 Å². The van der Waals surface area contributed by atoms with Gasteiger partial charge in [0.1, 0.15) is 18.0 Å². The summed E-state index contributed by atoms with van der Waals surface area (Å²) in [6.07, 6.45) is 5.11. The number of hydrogen-bond acceptors (Lipinski definition) is 9. The number of Topliss-reactive ketones (excluding diaryl/α,β-unsaturated/α-hetero) is 1. The predicted octanol–water partition coefficient (Wildman–Crippen LogP) is -1.40. The number of fused-ring (bicyclic) bond motifs is 5. The van der Waals surface area contributed by atoms with E-state index in [0.29, 0.717) is 30.1 Å². The van der Waals surface area contributed by atoms with Gasteiger partial charge in [-0.15, -0.1) is 0 Å². The first-order valence-corrected chi connectivity index (χ1v) is 16.9. The van der Waals surface area contributed by atoms with Gasteiger partial charge in [-0.05, 0) is 84.9 Å². The number of hydrogen-bond donors (Lipinski definition) is 0. The monoisotopic (exact) mass is 622 g/mol. The third kappa shape index (κ3) is 7.97. The Morgan fingerprint density at radius 2 is 1.45 bits per heavy atom. The van der Waals surface area contributed by atoms with E-state index in [9.17, 15) is 30.7 Å². The van der Waals surface area contributed by atoms with Crippen LogP contribution in [0.25, 0.3) is 0 Å². The van der Waals surface area contributed by atoms with Crippen molar-refractivity contribution >= 4 is 26.6 Å². The summed E-state index contributed by atoms with van der Waals surface area (Å²) >= 11 is 0. The van der Waals surface area contributed by atoms with E-state index in [-0.39, 0.29) is 95.0 Å². The van der Waals surface area contributed by atoms with Crippen LogP contribution in [0.2, 0.25) is 0 Å². The van der Waals surface area contributed by atoms with Crippen molar-refractivity contribution in [2.75, 3.05) is 0 Å². The van der Waals surface area contributed by atoms with E-state index in [2.05, 4.69) is 31.9 Å². The number of carbonyl (C=O) groups excluding carboxylic acids is 1. The Kier molecular flexibility index (Phi) is 13.0. The Balaban J connectivity index is 0.00000280. The van der Waals surface area contributed by atoms with Crippen LogP contribution in [0.5, 0.6) is 0 Å². The third-order valence-electron chi connectivity index (χ3n) is 11.1. The maximum atomic E-state index is 13.6. The smallest absolute Gasteiger partial charge is 0.726 e. The van der Waals surface area contributed by atoms with Gasteiger partial charge < -0.3 is 9.11 Å². The fourth-order valence-electron chi connectivity index (χ4n) is 9.56. The molecule has 0 N–H and O–H groups in total. The van der Waals surface area contributed by atoms with E-state index in [1.807, 2.05) is 6.92 Å². The summed E-state index contributed by atoms with van der Waals surface area (Å²) in [5, 5.41) is 0. The van der Waals surface area contributed by atoms with Gasteiger partial charge in [-0.25, -0.2) is 16.8 Å². The molecule has 0 unspecified atom stereocenters. The SMILES string of the molecule is CC(C)CCC[C@@H](C)[C@H]1CC[C@H]2[C@@H]3CC(=O)[C@H]4C[C@@H](OS(=O)(=O)[O-])[C@@H](OS(=O)(=O)[O-])C[C@]4(C)[C@H]3CC[C@]12C.[Na+].[Na+]. The van der Waals surface area contributed by atoms with Crippen molar-refractivity contribution in [2.45, 2.75) is 111 Å². The van der Waals surface area contributed by atoms with Crippen LogP contribution in [-0.4, -0.2) is 43.9 Å². The molecule has 0 spiro atoms. The third-order valence-corrected chi connectivity index (χ3v) is 12.1. The van der Waals surface area contributed by atoms with E-state index in [0.717, 1.165) is 25.7 Å². The molecule has 4 saturated carbocycles. The van der Waals surface area contributed by atoms with Crippen molar-refractivity contribution in [1.29, 1.82) is 0 Å². The zero-order chi connectivity index (χ0) is 28.3. The van der Waals surface area contributed by atoms with Crippen molar-refractivity contribution in [3.05, 3.63) is 0 Å². The summed E-state index contributed by atoms with van der Waals surface area (Å²) in [7, 11) is -10.4. The summed E-state index contributed by atoms with van der Waals surface area (Å²) in [6, 6.07) is 0. The molecule has 10 atom stereocenters. The molecule has 0 aromatic rings. The van der Waals surface area contributed by atoms with E-state index >= 15 is 0 Å². The summed E-state index contributed by atoms with van der Waals surface area (Å²) < 4.78 is 77.9. The van der Waals surface area contributed by atoms with Crippen LogP contribution in [0.1, 0.15) is 98.8 Å². The van der Waals surface area contributed by atoms with Crippen molar-refractivity contribution < 1.29 is 98.2 Å². The van der Waals surface area contributed by atoms with Crippen molar-refractivity contribution in [3.8, 4) is 0 Å². The van der Waals surface area contributed by atoms with Crippen LogP contribution in [-0.2, 0) is 34.0 Å². The molecule has 0 amide bonds. The molecule has 9 nitrogen and oxygen atoms in total. The van der Waals surface area contributed by atoms with Gasteiger partial charge in [-0.1, -0.05) is 53.9 Å². The van der Waals surface area contributed by atoms with E-state index in [1.165, 1.54) is 19.3 Å². The summed E-state index contributed by atoms with van der Waals surface area (Å²) in [5.41, 5.74) is -0.530. The first-order chi connectivity index (χ1) is 17.4. The Morgan fingerprint density at radius 3 is 2.02 bits per heavy atom. The standard InChI is InChI=1S/C27H46O9S2.2Na/c1-16(2)7-6-8-17(3)19-9-10-20-18-13-23(28)22-14-24(35-37(29,30)31)25(36-38(32,33)34)15-27(22,5)21(18)11-12-26(19,20)4;;/h16-22,24-25H,6-15H2,1-5H3,(H,29,30,31)(H,32,33,34);;/q;2*+1/p-2/t17-,18+,19-,20+,21+,22-,24-,25+,26-,27-;;/m1../s1. The minimum absolute atomic E-state index is 0. The summed E-state index contributed by atoms with van der Waals surface area (Å²) in [5.74, 6) is 2.00. The quantitative estimate of drug-likeness (QED) is 0.172. The molecule has 0 aromatic heterocycles. The van der Waals surface area contributed by atoms with Gasteiger partial charge in [-0.3, -0.25) is 13.2 Å². The average Bonchev–Trinajstić information content (AvgIpc) is 3.10. The van der Waals surface area contributed by atoms with Crippen molar-refractivity contribution in [2.24, 2.45) is 52.3 Å². The Hall–Kier alpha value is 1.41. The molecular formula is C27H44Na2O9S2. The zero-order valence-electron chi connectivity index (χ0n) is 25.3. The minimum atomic E-state index is -5.19. The van der Waals surface area contributed by atoms with Gasteiger partial charge in [0.15, 0.2) is 0 Å². The molecule has 0 bridgehead atoms. The minimum Gasteiger partial charge on any atom is -0.726 e. The van der Waals surface area contributed by atoms with Gasteiger partial charge in [0.05, 0.1) is 0 Å². The van der Waals surface area contributed by atoms with E-state index in [1.54, 1.807) is 0 Å². The maximum Gasteiger partial charge on any atom is 1.00 e. The molecule has 0 aliphatic heterocycles. The molecule has 40 heavy (non-hydrogen) atoms. The van der Waals surface area contributed by atoms with Gasteiger partial charge in [-0.2, -0.15) is 0 Å². The maximum absolute atomic E-state index is 13.6. The first kappa shape index (κ1) is 37.6. The van der Waals surface area contributed by atoms with E-state index < -0.39 is 44.3 Å². The number of ketones is 1. The number of rotatable bonds is 9. The molecule has 220 valence electrons.